The fourth-order valence-corrected chi connectivity index (χ4v) is 3.30. The Morgan fingerprint density at radius 1 is 1.22 bits per heavy atom. The fraction of sp³-hybridized carbons (Fsp3) is 0.111. The smallest absolute Gasteiger partial charge is 0.358 e. The van der Waals surface area contributed by atoms with Crippen LogP contribution in [0.2, 0.25) is 5.02 Å². The molecule has 0 aliphatic rings. The Balaban J connectivity index is 1.43. The molecule has 3 heterocycles. The summed E-state index contributed by atoms with van der Waals surface area (Å²) in [7, 11) is 0. The molecule has 4 rings (SSSR count). The second-order valence-electron chi connectivity index (χ2n) is 5.49. The van der Waals surface area contributed by atoms with Crippen molar-refractivity contribution >= 4 is 28.9 Å². The zero-order valence-electron chi connectivity index (χ0n) is 14.0. The van der Waals surface area contributed by atoms with Crippen molar-refractivity contribution in [3.05, 3.63) is 64.1 Å². The van der Waals surface area contributed by atoms with Crippen LogP contribution in [0, 0.1) is 6.92 Å². The van der Waals surface area contributed by atoms with Crippen molar-refractivity contribution in [3.63, 3.8) is 0 Å². The topological polar surface area (TPSA) is 91.2 Å². The standard InChI is InChI=1S/C18H12ClN3O4S/c1-10-15(20-17(27-10)13-3-2-8-24-13)18(23)25-9-14-21-22-16(26-14)11-4-6-12(19)7-5-11/h2-8H,9H2,1H3. The van der Waals surface area contributed by atoms with Crippen LogP contribution in [0.1, 0.15) is 21.3 Å². The van der Waals surface area contributed by atoms with E-state index in [0.29, 0.717) is 21.7 Å². The van der Waals surface area contributed by atoms with Gasteiger partial charge in [-0.25, -0.2) is 9.78 Å². The Bertz CT molecular complexity index is 1070. The van der Waals surface area contributed by atoms with Crippen LogP contribution < -0.4 is 0 Å². The van der Waals surface area contributed by atoms with Crippen LogP contribution in [-0.2, 0) is 11.3 Å². The lowest BCUT2D eigenvalue weighted by atomic mass is 10.2. The van der Waals surface area contributed by atoms with Gasteiger partial charge < -0.3 is 13.6 Å². The number of esters is 1. The lowest BCUT2D eigenvalue weighted by Gasteiger charge is -2.00. The van der Waals surface area contributed by atoms with Gasteiger partial charge in [0.15, 0.2) is 23.1 Å². The van der Waals surface area contributed by atoms with Crippen LogP contribution >= 0.6 is 22.9 Å². The lowest BCUT2D eigenvalue weighted by molar-refractivity contribution is 0.0432. The van der Waals surface area contributed by atoms with E-state index in [-0.39, 0.29) is 18.2 Å². The number of carbonyl (C=O) groups is 1. The molecule has 0 fully saturated rings. The number of hydrogen-bond donors (Lipinski definition) is 0. The summed E-state index contributed by atoms with van der Waals surface area (Å²) in [4.78, 5) is 17.4. The highest BCUT2D eigenvalue weighted by Gasteiger charge is 2.20. The highest BCUT2D eigenvalue weighted by Crippen LogP contribution is 2.28. The minimum atomic E-state index is -0.562. The first-order valence-corrected chi connectivity index (χ1v) is 9.06. The molecule has 7 nitrogen and oxygen atoms in total. The van der Waals surface area contributed by atoms with Crippen molar-refractivity contribution < 1.29 is 18.4 Å². The van der Waals surface area contributed by atoms with Crippen LogP contribution in [-0.4, -0.2) is 21.2 Å². The molecule has 4 aromatic rings. The summed E-state index contributed by atoms with van der Waals surface area (Å²) >= 11 is 7.22. The van der Waals surface area contributed by atoms with E-state index in [4.69, 9.17) is 25.2 Å². The number of rotatable bonds is 5. The average molecular weight is 402 g/mol. The van der Waals surface area contributed by atoms with Crippen LogP contribution in [0.25, 0.3) is 22.2 Å². The molecule has 0 atom stereocenters. The Kier molecular flexibility index (Phi) is 4.74. The van der Waals surface area contributed by atoms with Gasteiger partial charge in [-0.05, 0) is 43.3 Å². The van der Waals surface area contributed by atoms with Crippen LogP contribution in [0.15, 0.2) is 51.5 Å². The van der Waals surface area contributed by atoms with Crippen molar-refractivity contribution in [1.29, 1.82) is 0 Å². The molecule has 136 valence electrons. The van der Waals surface area contributed by atoms with Gasteiger partial charge in [-0.15, -0.1) is 21.5 Å². The molecule has 1 aromatic carbocycles. The SMILES string of the molecule is Cc1sc(-c2ccco2)nc1C(=O)OCc1nnc(-c2ccc(Cl)cc2)o1. The monoisotopic (exact) mass is 401 g/mol. The highest BCUT2D eigenvalue weighted by atomic mass is 35.5. The third-order valence-corrected chi connectivity index (χ3v) is 4.84. The molecular weight excluding hydrogens is 390 g/mol. The Hall–Kier alpha value is -2.97. The van der Waals surface area contributed by atoms with Gasteiger partial charge in [0.2, 0.25) is 5.89 Å². The van der Waals surface area contributed by atoms with E-state index >= 15 is 0 Å². The number of hydrogen-bond acceptors (Lipinski definition) is 8. The third kappa shape index (κ3) is 3.76. The number of aryl methyl sites for hydroxylation is 1. The van der Waals surface area contributed by atoms with E-state index in [1.54, 1.807) is 49.6 Å². The Morgan fingerprint density at radius 3 is 2.78 bits per heavy atom. The van der Waals surface area contributed by atoms with Crippen molar-refractivity contribution in [2.75, 3.05) is 0 Å². The van der Waals surface area contributed by atoms with E-state index in [2.05, 4.69) is 15.2 Å². The van der Waals surface area contributed by atoms with Crippen molar-refractivity contribution in [3.8, 4) is 22.2 Å². The first kappa shape index (κ1) is 17.4. The second-order valence-corrected chi connectivity index (χ2v) is 7.12. The van der Waals surface area contributed by atoms with E-state index in [9.17, 15) is 4.79 Å². The molecule has 0 aliphatic carbocycles. The molecule has 0 unspecified atom stereocenters. The zero-order chi connectivity index (χ0) is 18.8. The van der Waals surface area contributed by atoms with Gasteiger partial charge in [-0.3, -0.25) is 0 Å². The summed E-state index contributed by atoms with van der Waals surface area (Å²) in [6.45, 7) is 1.65. The quantitative estimate of drug-likeness (QED) is 0.444. The Morgan fingerprint density at radius 2 is 2.04 bits per heavy atom. The van der Waals surface area contributed by atoms with Gasteiger partial charge >= 0.3 is 5.97 Å². The molecule has 9 heteroatoms. The number of ether oxygens (including phenoxy) is 1. The van der Waals surface area contributed by atoms with Gasteiger partial charge in [-0.1, -0.05) is 11.6 Å². The predicted molar refractivity (Wildman–Crippen MR) is 98.4 cm³/mol. The maximum atomic E-state index is 12.3. The van der Waals surface area contributed by atoms with E-state index in [1.807, 2.05) is 0 Å². The molecular formula is C18H12ClN3O4S. The van der Waals surface area contributed by atoms with Gasteiger partial charge in [-0.2, -0.15) is 0 Å². The highest BCUT2D eigenvalue weighted by molar-refractivity contribution is 7.15. The molecule has 0 bridgehead atoms. The molecule has 0 amide bonds. The molecule has 0 aliphatic heterocycles. The second kappa shape index (κ2) is 7.34. The number of nitrogens with zero attached hydrogens (tertiary/aromatic N) is 3. The van der Waals surface area contributed by atoms with E-state index in [1.165, 1.54) is 11.3 Å². The molecule has 0 spiro atoms. The van der Waals surface area contributed by atoms with Gasteiger partial charge in [0.1, 0.15) is 0 Å². The van der Waals surface area contributed by atoms with Crippen molar-refractivity contribution in [2.24, 2.45) is 0 Å². The number of aromatic nitrogens is 3. The molecule has 0 saturated carbocycles. The lowest BCUT2D eigenvalue weighted by Crippen LogP contribution is -2.07. The number of thiazole rings is 1. The fourth-order valence-electron chi connectivity index (χ4n) is 2.31. The third-order valence-electron chi connectivity index (χ3n) is 3.61. The predicted octanol–water partition coefficient (Wildman–Crippen LogP) is 4.77. The summed E-state index contributed by atoms with van der Waals surface area (Å²) in [5.74, 6) is 0.551. The minimum Gasteiger partial charge on any atom is -0.462 e. The first-order chi connectivity index (χ1) is 13.1. The maximum absolute atomic E-state index is 12.3. The van der Waals surface area contributed by atoms with E-state index in [0.717, 1.165) is 10.4 Å². The van der Waals surface area contributed by atoms with Gasteiger partial charge in [0.05, 0.1) is 6.26 Å². The summed E-state index contributed by atoms with van der Waals surface area (Å²) < 4.78 is 16.1. The molecule has 27 heavy (non-hydrogen) atoms. The molecule has 0 N–H and O–H groups in total. The minimum absolute atomic E-state index is 0.146. The van der Waals surface area contributed by atoms with Crippen molar-refractivity contribution in [1.82, 2.24) is 15.2 Å². The average Bonchev–Trinajstić information content (AvgIpc) is 3.41. The van der Waals surface area contributed by atoms with Gasteiger partial charge in [0.25, 0.3) is 5.89 Å². The number of benzene rings is 1. The van der Waals surface area contributed by atoms with Crippen LogP contribution in [0.3, 0.4) is 0 Å². The largest absolute Gasteiger partial charge is 0.462 e. The Labute approximate surface area is 162 Å². The zero-order valence-corrected chi connectivity index (χ0v) is 15.6. The van der Waals surface area contributed by atoms with E-state index < -0.39 is 5.97 Å². The van der Waals surface area contributed by atoms with Crippen LogP contribution in [0.4, 0.5) is 0 Å². The first-order valence-electron chi connectivity index (χ1n) is 7.87. The van der Waals surface area contributed by atoms with Crippen LogP contribution in [0.5, 0.6) is 0 Å². The van der Waals surface area contributed by atoms with Gasteiger partial charge in [0, 0.05) is 15.5 Å². The normalized spacial score (nSPS) is 10.9. The molecule has 0 radical (unpaired) electrons. The number of furan rings is 1. The summed E-state index contributed by atoms with van der Waals surface area (Å²) in [6, 6.07) is 10.5. The summed E-state index contributed by atoms with van der Waals surface area (Å²) in [5.41, 5.74) is 0.965. The summed E-state index contributed by atoms with van der Waals surface area (Å²) in [5, 5.41) is 9.06. The van der Waals surface area contributed by atoms with Crippen molar-refractivity contribution in [2.45, 2.75) is 13.5 Å². The number of halogens is 1. The molecule has 0 saturated heterocycles. The summed E-state index contributed by atoms with van der Waals surface area (Å²) in [6.07, 6.45) is 1.55. The molecule has 3 aromatic heterocycles. The maximum Gasteiger partial charge on any atom is 0.358 e. The number of carbonyl (C=O) groups excluding carboxylic acids is 1.